The lowest BCUT2D eigenvalue weighted by atomic mass is 9.98. The molecule has 1 rings (SSSR count). The van der Waals surface area contributed by atoms with Crippen molar-refractivity contribution < 1.29 is 0 Å². The molecule has 3 N–H and O–H groups in total. The molecule has 1 heterocycles. The predicted octanol–water partition coefficient (Wildman–Crippen LogP) is 0.845. The van der Waals surface area contributed by atoms with Crippen molar-refractivity contribution >= 4 is 0 Å². The number of hydrogen-bond donors (Lipinski definition) is 2. The molecule has 2 unspecified atom stereocenters. The Morgan fingerprint density at radius 3 is 2.70 bits per heavy atom. The fourth-order valence-electron chi connectivity index (χ4n) is 1.21. The second kappa shape index (κ2) is 3.17. The molecule has 0 bridgehead atoms. The van der Waals surface area contributed by atoms with E-state index in [4.69, 9.17) is 5.73 Å². The van der Waals surface area contributed by atoms with Gasteiger partial charge in [-0.3, -0.25) is 5.32 Å². The first kappa shape index (κ1) is 7.76. The van der Waals surface area contributed by atoms with Crippen LogP contribution in [0.5, 0.6) is 0 Å². The fraction of sp³-hybridized carbons (Fsp3) is 0.750. The Kier molecular flexibility index (Phi) is 2.46. The summed E-state index contributed by atoms with van der Waals surface area (Å²) in [6, 6.07) is 0.569. The van der Waals surface area contributed by atoms with Gasteiger partial charge in [-0.1, -0.05) is 26.0 Å². The van der Waals surface area contributed by atoms with Crippen molar-refractivity contribution in [2.75, 3.05) is 0 Å². The zero-order valence-electron chi connectivity index (χ0n) is 6.67. The zero-order chi connectivity index (χ0) is 7.56. The summed E-state index contributed by atoms with van der Waals surface area (Å²) in [5.41, 5.74) is 5.66. The quantitative estimate of drug-likeness (QED) is 0.530. The highest BCUT2D eigenvalue weighted by atomic mass is 15.1. The molecule has 0 aromatic carbocycles. The van der Waals surface area contributed by atoms with Gasteiger partial charge in [0.2, 0.25) is 0 Å². The number of nitrogens with two attached hydrogens (primary N) is 1. The van der Waals surface area contributed by atoms with Crippen molar-refractivity contribution in [1.29, 1.82) is 0 Å². The van der Waals surface area contributed by atoms with Crippen LogP contribution >= 0.6 is 0 Å². The maximum absolute atomic E-state index is 5.66. The smallest absolute Gasteiger partial charge is 0.0741 e. The van der Waals surface area contributed by atoms with E-state index in [1.54, 1.807) is 0 Å². The van der Waals surface area contributed by atoms with Gasteiger partial charge in [0.1, 0.15) is 0 Å². The minimum atomic E-state index is 0.0705. The summed E-state index contributed by atoms with van der Waals surface area (Å²) in [6.07, 6.45) is 5.36. The van der Waals surface area contributed by atoms with Crippen molar-refractivity contribution in [2.45, 2.75) is 32.5 Å². The molecule has 58 valence electrons. The maximum atomic E-state index is 5.66. The Morgan fingerprint density at radius 2 is 2.30 bits per heavy atom. The van der Waals surface area contributed by atoms with E-state index in [-0.39, 0.29) is 6.17 Å². The van der Waals surface area contributed by atoms with E-state index >= 15 is 0 Å². The van der Waals surface area contributed by atoms with Gasteiger partial charge in [-0.15, -0.1) is 0 Å². The van der Waals surface area contributed by atoms with E-state index in [9.17, 15) is 0 Å². The molecule has 2 heteroatoms. The summed E-state index contributed by atoms with van der Waals surface area (Å²) in [4.78, 5) is 0. The van der Waals surface area contributed by atoms with Crippen molar-refractivity contribution in [2.24, 2.45) is 11.7 Å². The lowest BCUT2D eigenvalue weighted by Gasteiger charge is -2.27. The highest BCUT2D eigenvalue weighted by Gasteiger charge is 2.15. The van der Waals surface area contributed by atoms with Gasteiger partial charge < -0.3 is 5.73 Å². The van der Waals surface area contributed by atoms with Crippen molar-refractivity contribution in [3.63, 3.8) is 0 Å². The first-order chi connectivity index (χ1) is 4.70. The largest absolute Gasteiger partial charge is 0.313 e. The lowest BCUT2D eigenvalue weighted by Crippen LogP contribution is -2.47. The third-order valence-corrected chi connectivity index (χ3v) is 1.94. The number of rotatable bonds is 1. The van der Waals surface area contributed by atoms with E-state index in [2.05, 4.69) is 25.2 Å². The molecule has 2 atom stereocenters. The summed E-state index contributed by atoms with van der Waals surface area (Å²) in [5.74, 6) is 0.677. The van der Waals surface area contributed by atoms with Gasteiger partial charge in [-0.05, 0) is 12.3 Å². The predicted molar refractivity (Wildman–Crippen MR) is 43.5 cm³/mol. The Labute approximate surface area is 62.5 Å². The summed E-state index contributed by atoms with van der Waals surface area (Å²) in [5, 5.41) is 3.31. The van der Waals surface area contributed by atoms with Gasteiger partial charge in [0.25, 0.3) is 0 Å². The van der Waals surface area contributed by atoms with Crippen molar-refractivity contribution in [3.8, 4) is 0 Å². The Morgan fingerprint density at radius 1 is 1.60 bits per heavy atom. The standard InChI is InChI=1S/C8H16N2/c1-6(2)7-4-3-5-8(9)10-7/h3,5-8,10H,4,9H2,1-2H3. The minimum Gasteiger partial charge on any atom is -0.313 e. The fourth-order valence-corrected chi connectivity index (χ4v) is 1.21. The van der Waals surface area contributed by atoms with E-state index in [0.29, 0.717) is 12.0 Å². The van der Waals surface area contributed by atoms with Crippen LogP contribution in [0.2, 0.25) is 0 Å². The van der Waals surface area contributed by atoms with Crippen LogP contribution in [0.15, 0.2) is 12.2 Å². The second-order valence-corrected chi connectivity index (χ2v) is 3.21. The molecule has 0 aromatic heterocycles. The third kappa shape index (κ3) is 1.82. The summed E-state index contributed by atoms with van der Waals surface area (Å²) < 4.78 is 0. The Balaban J connectivity index is 2.44. The Hall–Kier alpha value is -0.340. The van der Waals surface area contributed by atoms with Crippen LogP contribution in [-0.2, 0) is 0 Å². The molecule has 2 nitrogen and oxygen atoms in total. The second-order valence-electron chi connectivity index (χ2n) is 3.21. The maximum Gasteiger partial charge on any atom is 0.0741 e. The van der Waals surface area contributed by atoms with Crippen LogP contribution < -0.4 is 11.1 Å². The molecular formula is C8H16N2. The highest BCUT2D eigenvalue weighted by molar-refractivity contribution is 4.99. The molecule has 0 saturated heterocycles. The molecule has 0 fully saturated rings. The topological polar surface area (TPSA) is 38.0 Å². The number of hydrogen-bond acceptors (Lipinski definition) is 2. The molecular weight excluding hydrogens is 124 g/mol. The Bertz CT molecular complexity index is 129. The van der Waals surface area contributed by atoms with Crippen LogP contribution in [0, 0.1) is 5.92 Å². The first-order valence-electron chi connectivity index (χ1n) is 3.88. The number of nitrogens with one attached hydrogen (secondary N) is 1. The monoisotopic (exact) mass is 140 g/mol. The van der Waals surface area contributed by atoms with Gasteiger partial charge in [-0.25, -0.2) is 0 Å². The molecule has 0 aliphatic carbocycles. The molecule has 0 aromatic rings. The van der Waals surface area contributed by atoms with Crippen molar-refractivity contribution in [1.82, 2.24) is 5.32 Å². The van der Waals surface area contributed by atoms with Crippen molar-refractivity contribution in [3.05, 3.63) is 12.2 Å². The highest BCUT2D eigenvalue weighted by Crippen LogP contribution is 2.10. The first-order valence-corrected chi connectivity index (χ1v) is 3.88. The molecule has 0 amide bonds. The van der Waals surface area contributed by atoms with Crippen LogP contribution in [0.4, 0.5) is 0 Å². The van der Waals surface area contributed by atoms with Gasteiger partial charge >= 0.3 is 0 Å². The lowest BCUT2D eigenvalue weighted by molar-refractivity contribution is 0.367. The minimum absolute atomic E-state index is 0.0705. The average Bonchev–Trinajstić information content (AvgIpc) is 1.88. The van der Waals surface area contributed by atoms with Gasteiger partial charge in [0.15, 0.2) is 0 Å². The molecule has 10 heavy (non-hydrogen) atoms. The molecule has 1 aliphatic rings. The normalized spacial score (nSPS) is 33.2. The zero-order valence-corrected chi connectivity index (χ0v) is 6.67. The molecule has 0 spiro atoms. The van der Waals surface area contributed by atoms with E-state index in [1.165, 1.54) is 0 Å². The van der Waals surface area contributed by atoms with Crippen LogP contribution in [0.3, 0.4) is 0 Å². The van der Waals surface area contributed by atoms with Crippen LogP contribution in [0.25, 0.3) is 0 Å². The van der Waals surface area contributed by atoms with E-state index in [1.807, 2.05) is 6.08 Å². The van der Waals surface area contributed by atoms with E-state index < -0.39 is 0 Å². The van der Waals surface area contributed by atoms with Crippen LogP contribution in [0.1, 0.15) is 20.3 Å². The molecule has 0 saturated carbocycles. The molecule has 0 radical (unpaired) electrons. The summed E-state index contributed by atoms with van der Waals surface area (Å²) in [6.45, 7) is 4.42. The third-order valence-electron chi connectivity index (χ3n) is 1.94. The molecule has 1 aliphatic heterocycles. The van der Waals surface area contributed by atoms with Gasteiger partial charge in [-0.2, -0.15) is 0 Å². The van der Waals surface area contributed by atoms with Gasteiger partial charge in [0, 0.05) is 6.04 Å². The van der Waals surface area contributed by atoms with Crippen LogP contribution in [-0.4, -0.2) is 12.2 Å². The van der Waals surface area contributed by atoms with E-state index in [0.717, 1.165) is 6.42 Å². The summed E-state index contributed by atoms with van der Waals surface area (Å²) in [7, 11) is 0. The average molecular weight is 140 g/mol. The van der Waals surface area contributed by atoms with Gasteiger partial charge in [0.05, 0.1) is 6.17 Å². The SMILES string of the molecule is CC(C)C1CC=CC(N)N1. The summed E-state index contributed by atoms with van der Waals surface area (Å²) >= 11 is 0.